The number of aromatic nitrogens is 2. The van der Waals surface area contributed by atoms with Gasteiger partial charge in [-0.3, -0.25) is 0 Å². The van der Waals surface area contributed by atoms with E-state index in [1.54, 1.807) is 30.3 Å². The third-order valence-electron chi connectivity index (χ3n) is 3.95. The molecule has 1 atom stereocenters. The van der Waals surface area contributed by atoms with Gasteiger partial charge in [0.2, 0.25) is 5.95 Å². The molecule has 0 saturated heterocycles. The summed E-state index contributed by atoms with van der Waals surface area (Å²) in [5.41, 5.74) is 0.238. The molecule has 2 aromatic carbocycles. The lowest BCUT2D eigenvalue weighted by atomic mass is 10.1. The number of hydrogen-bond acceptors (Lipinski definition) is 4. The number of anilines is 3. The molecule has 0 saturated carbocycles. The summed E-state index contributed by atoms with van der Waals surface area (Å²) in [5, 5.41) is 4.79. The second kappa shape index (κ2) is 8.42. The van der Waals surface area contributed by atoms with Crippen molar-refractivity contribution in [1.29, 1.82) is 0 Å². The van der Waals surface area contributed by atoms with Gasteiger partial charge in [-0.15, -0.1) is 0 Å². The summed E-state index contributed by atoms with van der Waals surface area (Å²) in [5.74, 6) is -1.14. The van der Waals surface area contributed by atoms with Crippen LogP contribution in [0.25, 0.3) is 11.1 Å². The Morgan fingerprint density at radius 2 is 1.62 bits per heavy atom. The van der Waals surface area contributed by atoms with Crippen LogP contribution >= 0.6 is 23.2 Å². The highest BCUT2D eigenvalue weighted by atomic mass is 35.5. The van der Waals surface area contributed by atoms with Gasteiger partial charge in [0.1, 0.15) is 22.8 Å². The van der Waals surface area contributed by atoms with E-state index in [9.17, 15) is 17.6 Å². The summed E-state index contributed by atoms with van der Waals surface area (Å²) in [4.78, 5) is 8.15. The molecule has 0 spiro atoms. The number of halogens is 6. The fourth-order valence-electron chi connectivity index (χ4n) is 2.49. The molecule has 0 radical (unpaired) electrons. The maximum Gasteiger partial charge on any atom is 0.408 e. The maximum absolute atomic E-state index is 14.5. The Morgan fingerprint density at radius 3 is 2.24 bits per heavy atom. The Kier molecular flexibility index (Phi) is 6.14. The molecule has 152 valence electrons. The highest BCUT2D eigenvalue weighted by Gasteiger charge is 2.37. The van der Waals surface area contributed by atoms with Crippen molar-refractivity contribution in [3.05, 3.63) is 64.5 Å². The minimum absolute atomic E-state index is 0.0398. The Labute approximate surface area is 173 Å². The molecule has 29 heavy (non-hydrogen) atoms. The number of rotatable bonds is 5. The normalized spacial score (nSPS) is 12.5. The molecule has 0 bridgehead atoms. The first kappa shape index (κ1) is 21.1. The summed E-state index contributed by atoms with van der Waals surface area (Å²) < 4.78 is 53.8. The van der Waals surface area contributed by atoms with Crippen molar-refractivity contribution < 1.29 is 17.6 Å². The smallest absolute Gasteiger partial charge is 0.358 e. The van der Waals surface area contributed by atoms with Crippen molar-refractivity contribution in [1.82, 2.24) is 9.97 Å². The van der Waals surface area contributed by atoms with E-state index in [1.807, 2.05) is 0 Å². The molecule has 0 aliphatic carbocycles. The van der Waals surface area contributed by atoms with Gasteiger partial charge in [0.05, 0.1) is 10.6 Å². The van der Waals surface area contributed by atoms with Gasteiger partial charge < -0.3 is 10.6 Å². The van der Waals surface area contributed by atoms with E-state index in [4.69, 9.17) is 23.2 Å². The maximum atomic E-state index is 14.5. The second-order valence-corrected chi connectivity index (χ2v) is 6.82. The van der Waals surface area contributed by atoms with E-state index in [0.29, 0.717) is 5.69 Å². The van der Waals surface area contributed by atoms with Crippen LogP contribution in [0.3, 0.4) is 0 Å². The van der Waals surface area contributed by atoms with Gasteiger partial charge in [0.15, 0.2) is 0 Å². The minimum Gasteiger partial charge on any atom is -0.358 e. The fraction of sp³-hybridized carbons (Fsp3) is 0.158. The Morgan fingerprint density at radius 1 is 0.931 bits per heavy atom. The first-order chi connectivity index (χ1) is 13.7. The predicted molar refractivity (Wildman–Crippen MR) is 106 cm³/mol. The third-order valence-corrected chi connectivity index (χ3v) is 4.54. The third kappa shape index (κ3) is 4.89. The topological polar surface area (TPSA) is 49.8 Å². The molecule has 1 unspecified atom stereocenters. The molecule has 1 heterocycles. The molecule has 3 aromatic rings. The quantitative estimate of drug-likeness (QED) is 0.339. The van der Waals surface area contributed by atoms with Crippen LogP contribution in [0.5, 0.6) is 0 Å². The number of hydrogen-bond donors (Lipinski definition) is 2. The zero-order chi connectivity index (χ0) is 21.2. The van der Waals surface area contributed by atoms with Crippen LogP contribution in [0.2, 0.25) is 10.2 Å². The van der Waals surface area contributed by atoms with Crippen LogP contribution in [0.15, 0.2) is 48.5 Å². The molecular formula is C19H14Cl2F4N4. The van der Waals surface area contributed by atoms with E-state index in [0.717, 1.165) is 13.0 Å². The Bertz CT molecular complexity index is 993. The number of nitrogens with zero attached hydrogens (tertiary/aromatic N) is 2. The van der Waals surface area contributed by atoms with E-state index in [1.165, 1.54) is 12.1 Å². The van der Waals surface area contributed by atoms with Crippen molar-refractivity contribution in [2.75, 3.05) is 10.6 Å². The fourth-order valence-corrected chi connectivity index (χ4v) is 3.01. The Hall–Kier alpha value is -2.58. The summed E-state index contributed by atoms with van der Waals surface area (Å²) in [7, 11) is 0. The lowest BCUT2D eigenvalue weighted by molar-refractivity contribution is -0.138. The molecular weight excluding hydrogens is 431 g/mol. The number of benzene rings is 2. The predicted octanol–water partition coefficient (Wildman–Crippen LogP) is 6.70. The standard InChI is InChI=1S/C19H14Cl2F4N4/c1-10(19(23,24)25)26-17-15(14-12(20)8-5-9-13(14)22)16(21)28-18(29-17)27-11-6-3-2-4-7-11/h2-10H,1H3,(H2,26,27,28,29). The summed E-state index contributed by atoms with van der Waals surface area (Å²) in [6.45, 7) is 0.910. The summed E-state index contributed by atoms with van der Waals surface area (Å²) >= 11 is 12.3. The van der Waals surface area contributed by atoms with Gasteiger partial charge in [0, 0.05) is 11.3 Å². The van der Waals surface area contributed by atoms with Crippen LogP contribution in [0.1, 0.15) is 6.92 Å². The first-order valence-electron chi connectivity index (χ1n) is 8.34. The number of para-hydroxylation sites is 1. The zero-order valence-corrected chi connectivity index (χ0v) is 16.4. The van der Waals surface area contributed by atoms with Gasteiger partial charge in [-0.25, -0.2) is 9.37 Å². The number of nitrogens with one attached hydrogen (secondary N) is 2. The van der Waals surface area contributed by atoms with Crippen LogP contribution in [-0.4, -0.2) is 22.2 Å². The van der Waals surface area contributed by atoms with Crippen molar-refractivity contribution >= 4 is 40.7 Å². The van der Waals surface area contributed by atoms with Gasteiger partial charge >= 0.3 is 6.18 Å². The molecule has 0 aliphatic rings. The zero-order valence-electron chi connectivity index (χ0n) is 14.9. The summed E-state index contributed by atoms with van der Waals surface area (Å²) in [6.07, 6.45) is -4.57. The average molecular weight is 445 g/mol. The lowest BCUT2D eigenvalue weighted by Gasteiger charge is -2.21. The van der Waals surface area contributed by atoms with Crippen LogP contribution in [0, 0.1) is 5.82 Å². The largest absolute Gasteiger partial charge is 0.408 e. The van der Waals surface area contributed by atoms with Crippen LogP contribution in [0.4, 0.5) is 35.0 Å². The van der Waals surface area contributed by atoms with Gasteiger partial charge in [-0.05, 0) is 31.2 Å². The minimum atomic E-state index is -4.57. The molecule has 4 nitrogen and oxygen atoms in total. The van der Waals surface area contributed by atoms with E-state index in [2.05, 4.69) is 20.6 Å². The molecule has 2 N–H and O–H groups in total. The molecule has 1 aromatic heterocycles. The van der Waals surface area contributed by atoms with E-state index < -0.39 is 18.0 Å². The van der Waals surface area contributed by atoms with E-state index in [-0.39, 0.29) is 33.1 Å². The van der Waals surface area contributed by atoms with E-state index >= 15 is 0 Å². The van der Waals surface area contributed by atoms with Crippen LogP contribution < -0.4 is 10.6 Å². The highest BCUT2D eigenvalue weighted by molar-refractivity contribution is 6.36. The van der Waals surface area contributed by atoms with Crippen LogP contribution in [-0.2, 0) is 0 Å². The number of alkyl halides is 3. The molecule has 3 rings (SSSR count). The highest BCUT2D eigenvalue weighted by Crippen LogP contribution is 2.40. The molecule has 0 fully saturated rings. The van der Waals surface area contributed by atoms with Gasteiger partial charge in [-0.1, -0.05) is 47.5 Å². The lowest BCUT2D eigenvalue weighted by Crippen LogP contribution is -2.33. The molecule has 0 aliphatic heterocycles. The SMILES string of the molecule is CC(Nc1nc(Nc2ccccc2)nc(Cl)c1-c1c(F)cccc1Cl)C(F)(F)F. The van der Waals surface area contributed by atoms with Crippen molar-refractivity contribution in [3.63, 3.8) is 0 Å². The average Bonchev–Trinajstić information content (AvgIpc) is 2.63. The second-order valence-electron chi connectivity index (χ2n) is 6.06. The van der Waals surface area contributed by atoms with Crippen molar-refractivity contribution in [3.8, 4) is 11.1 Å². The monoisotopic (exact) mass is 444 g/mol. The van der Waals surface area contributed by atoms with Gasteiger partial charge in [-0.2, -0.15) is 18.2 Å². The van der Waals surface area contributed by atoms with Gasteiger partial charge in [0.25, 0.3) is 0 Å². The summed E-state index contributed by atoms with van der Waals surface area (Å²) in [6, 6.07) is 10.6. The van der Waals surface area contributed by atoms with Crippen molar-refractivity contribution in [2.45, 2.75) is 19.1 Å². The molecule has 0 amide bonds. The molecule has 10 heteroatoms. The Balaban J connectivity index is 2.14. The van der Waals surface area contributed by atoms with Crippen molar-refractivity contribution in [2.24, 2.45) is 0 Å². The first-order valence-corrected chi connectivity index (χ1v) is 9.09.